The van der Waals surface area contributed by atoms with Gasteiger partial charge in [0.25, 0.3) is 0 Å². The molecule has 0 saturated carbocycles. The number of fused-ring (bicyclic) bond motifs is 2. The molecule has 0 fully saturated rings. The van der Waals surface area contributed by atoms with Crippen LogP contribution in [0.25, 0.3) is 11.0 Å². The van der Waals surface area contributed by atoms with E-state index in [1.165, 1.54) is 0 Å². The highest BCUT2D eigenvalue weighted by Gasteiger charge is 2.27. The van der Waals surface area contributed by atoms with Crippen LogP contribution in [0, 0.1) is 0 Å². The number of hydrogen-bond donors (Lipinski definition) is 1. The Morgan fingerprint density at radius 3 is 2.88 bits per heavy atom. The summed E-state index contributed by atoms with van der Waals surface area (Å²) in [5.41, 5.74) is 2.58. The molecule has 1 aliphatic heterocycles. The van der Waals surface area contributed by atoms with E-state index in [1.807, 2.05) is 49.3 Å². The first-order valence-electron chi connectivity index (χ1n) is 8.21. The van der Waals surface area contributed by atoms with Crippen molar-refractivity contribution in [2.24, 2.45) is 0 Å². The fourth-order valence-corrected chi connectivity index (χ4v) is 3.87. The normalized spacial score (nSPS) is 14.0. The molecule has 134 valence electrons. The molecule has 1 amide bonds. The lowest BCUT2D eigenvalue weighted by atomic mass is 10.2. The zero-order valence-corrected chi connectivity index (χ0v) is 15.3. The quantitative estimate of drug-likeness (QED) is 0.715. The number of ether oxygens (including phenoxy) is 1. The monoisotopic (exact) mass is 370 g/mol. The van der Waals surface area contributed by atoms with Crippen LogP contribution in [0.1, 0.15) is 16.1 Å². The number of para-hydroxylation sites is 1. The summed E-state index contributed by atoms with van der Waals surface area (Å²) in [5, 5.41) is 0.815. The standard InChI is InChI=1S/C19H18N2O4S/c1-21(2)14-7-6-13-10-16(25-15(13)11-14)19(22)20-26(23)17-5-3-4-12-8-9-24-18(12)17/h3-7,10-11H,8-9H2,1-2H3,(H,20,22). The van der Waals surface area contributed by atoms with Crippen LogP contribution < -0.4 is 14.4 Å². The van der Waals surface area contributed by atoms with Gasteiger partial charge in [-0.3, -0.25) is 4.79 Å². The molecule has 3 aromatic rings. The van der Waals surface area contributed by atoms with Gasteiger partial charge < -0.3 is 18.6 Å². The topological polar surface area (TPSA) is 77.8 Å². The maximum Gasteiger partial charge on any atom is 0.328 e. The van der Waals surface area contributed by atoms with Crippen LogP contribution in [-0.4, -0.2) is 31.2 Å². The van der Waals surface area contributed by atoms with Gasteiger partial charge in [-0.2, -0.15) is 4.72 Å². The van der Waals surface area contributed by atoms with Gasteiger partial charge in [-0.15, -0.1) is 0 Å². The van der Waals surface area contributed by atoms with Crippen molar-refractivity contribution in [3.05, 3.63) is 53.8 Å². The molecule has 0 radical (unpaired) electrons. The minimum absolute atomic E-state index is 0.123. The Morgan fingerprint density at radius 2 is 2.08 bits per heavy atom. The molecule has 1 unspecified atom stereocenters. The summed E-state index contributed by atoms with van der Waals surface area (Å²) >= 11 is -1.72. The highest BCUT2D eigenvalue weighted by atomic mass is 32.2. The summed E-state index contributed by atoms with van der Waals surface area (Å²) in [6.07, 6.45) is 0.784. The first kappa shape index (κ1) is 16.8. The van der Waals surface area contributed by atoms with Gasteiger partial charge in [-0.05, 0) is 24.3 Å². The van der Waals surface area contributed by atoms with Crippen molar-refractivity contribution in [1.82, 2.24) is 4.72 Å². The molecule has 26 heavy (non-hydrogen) atoms. The van der Waals surface area contributed by atoms with Crippen LogP contribution in [0.3, 0.4) is 0 Å². The molecule has 1 N–H and O–H groups in total. The van der Waals surface area contributed by atoms with Crippen LogP contribution in [0.4, 0.5) is 5.69 Å². The number of hydrogen-bond acceptors (Lipinski definition) is 5. The van der Waals surface area contributed by atoms with Gasteiger partial charge in [0.2, 0.25) is 4.90 Å². The Balaban J connectivity index is 1.56. The third-order valence-corrected chi connectivity index (χ3v) is 5.40. The van der Waals surface area contributed by atoms with E-state index in [-0.39, 0.29) is 5.76 Å². The van der Waals surface area contributed by atoms with Crippen LogP contribution >= 0.6 is 0 Å². The third-order valence-electron chi connectivity index (χ3n) is 4.31. The number of carbonyl (C=O) groups excluding carboxylic acids is 1. The van der Waals surface area contributed by atoms with E-state index in [1.54, 1.807) is 12.1 Å². The first-order valence-corrected chi connectivity index (χ1v) is 9.36. The first-order chi connectivity index (χ1) is 12.5. The molecule has 2 heterocycles. The second-order valence-electron chi connectivity index (χ2n) is 6.27. The third kappa shape index (κ3) is 3.00. The molecule has 2 aromatic carbocycles. The molecule has 7 heteroatoms. The minimum atomic E-state index is -1.72. The minimum Gasteiger partial charge on any atom is -0.588 e. The fraction of sp³-hybridized carbons (Fsp3) is 0.211. The van der Waals surface area contributed by atoms with E-state index in [4.69, 9.17) is 9.15 Å². The Bertz CT molecular complexity index is 983. The number of carbonyl (C=O) groups is 1. The molecule has 4 rings (SSSR count). The summed E-state index contributed by atoms with van der Waals surface area (Å²) in [6, 6.07) is 12.8. The lowest BCUT2D eigenvalue weighted by Gasteiger charge is -2.12. The fourth-order valence-electron chi connectivity index (χ4n) is 2.93. The second kappa shape index (κ2) is 6.59. The summed E-state index contributed by atoms with van der Waals surface area (Å²) in [6.45, 7) is 0.565. The van der Waals surface area contributed by atoms with Crippen molar-refractivity contribution < 1.29 is 18.5 Å². The summed E-state index contributed by atoms with van der Waals surface area (Å²) in [7, 11) is 3.86. The molecule has 0 bridgehead atoms. The smallest absolute Gasteiger partial charge is 0.328 e. The Kier molecular flexibility index (Phi) is 4.26. The molecule has 1 aromatic heterocycles. The average molecular weight is 370 g/mol. The zero-order valence-electron chi connectivity index (χ0n) is 14.4. The van der Waals surface area contributed by atoms with Gasteiger partial charge in [-0.25, -0.2) is 0 Å². The van der Waals surface area contributed by atoms with Crippen molar-refractivity contribution in [2.75, 3.05) is 25.6 Å². The number of rotatable bonds is 4. The molecule has 0 saturated heterocycles. The van der Waals surface area contributed by atoms with Gasteiger partial charge >= 0.3 is 5.91 Å². The van der Waals surface area contributed by atoms with Crippen molar-refractivity contribution >= 4 is 33.9 Å². The summed E-state index contributed by atoms with van der Waals surface area (Å²) < 4.78 is 26.3. The highest BCUT2D eigenvalue weighted by Crippen LogP contribution is 2.32. The predicted octanol–water partition coefficient (Wildman–Crippen LogP) is 2.89. The number of amides is 1. The zero-order chi connectivity index (χ0) is 18.3. The predicted molar refractivity (Wildman–Crippen MR) is 100 cm³/mol. The largest absolute Gasteiger partial charge is 0.588 e. The van der Waals surface area contributed by atoms with Crippen molar-refractivity contribution in [3.8, 4) is 5.75 Å². The van der Waals surface area contributed by atoms with Gasteiger partial charge in [0.05, 0.1) is 6.61 Å². The van der Waals surface area contributed by atoms with E-state index in [2.05, 4.69) is 4.72 Å². The van der Waals surface area contributed by atoms with Crippen molar-refractivity contribution in [2.45, 2.75) is 11.3 Å². The molecule has 0 aliphatic carbocycles. The van der Waals surface area contributed by atoms with Gasteiger partial charge in [0, 0.05) is 43.2 Å². The van der Waals surface area contributed by atoms with Crippen LogP contribution in [0.5, 0.6) is 5.75 Å². The van der Waals surface area contributed by atoms with E-state index < -0.39 is 17.3 Å². The van der Waals surface area contributed by atoms with E-state index >= 15 is 0 Å². The van der Waals surface area contributed by atoms with E-state index in [0.717, 1.165) is 23.1 Å². The van der Waals surface area contributed by atoms with Crippen molar-refractivity contribution in [3.63, 3.8) is 0 Å². The molecular formula is C19H18N2O4S. The van der Waals surface area contributed by atoms with Gasteiger partial charge in [-0.1, -0.05) is 12.1 Å². The second-order valence-corrected chi connectivity index (χ2v) is 7.45. The lowest BCUT2D eigenvalue weighted by molar-refractivity contribution is 0.0956. The SMILES string of the molecule is CN(C)c1ccc2cc(C(=O)N[S+]([O-])c3cccc4c3OCC4)oc2c1. The Hall–Kier alpha value is -2.64. The maximum atomic E-state index is 12.6. The van der Waals surface area contributed by atoms with E-state index in [0.29, 0.717) is 22.8 Å². The lowest BCUT2D eigenvalue weighted by Crippen LogP contribution is -2.30. The Labute approximate surface area is 154 Å². The molecule has 6 nitrogen and oxygen atoms in total. The van der Waals surface area contributed by atoms with Crippen LogP contribution in [0.15, 0.2) is 51.8 Å². The van der Waals surface area contributed by atoms with E-state index in [9.17, 15) is 9.35 Å². The van der Waals surface area contributed by atoms with Crippen LogP contribution in [0.2, 0.25) is 0 Å². The van der Waals surface area contributed by atoms with Gasteiger partial charge in [0.15, 0.2) is 11.5 Å². The van der Waals surface area contributed by atoms with Crippen LogP contribution in [-0.2, 0) is 17.8 Å². The number of nitrogens with zero attached hydrogens (tertiary/aromatic N) is 1. The molecule has 1 atom stereocenters. The molecule has 1 aliphatic rings. The summed E-state index contributed by atoms with van der Waals surface area (Å²) in [4.78, 5) is 14.9. The number of nitrogens with one attached hydrogen (secondary N) is 1. The highest BCUT2D eigenvalue weighted by molar-refractivity contribution is 7.90. The Morgan fingerprint density at radius 1 is 1.23 bits per heavy atom. The number of furan rings is 1. The van der Waals surface area contributed by atoms with Gasteiger partial charge in [0.1, 0.15) is 16.9 Å². The molecular weight excluding hydrogens is 352 g/mol. The molecule has 0 spiro atoms. The van der Waals surface area contributed by atoms with Crippen molar-refractivity contribution in [1.29, 1.82) is 0 Å². The average Bonchev–Trinajstić information content (AvgIpc) is 3.26. The number of anilines is 1. The summed E-state index contributed by atoms with van der Waals surface area (Å²) in [5.74, 6) is 0.200. The number of benzene rings is 2. The maximum absolute atomic E-state index is 12.6.